The summed E-state index contributed by atoms with van der Waals surface area (Å²) in [5.74, 6) is 1.04. The van der Waals surface area contributed by atoms with Gasteiger partial charge in [0.15, 0.2) is 5.82 Å². The maximum Gasteiger partial charge on any atom is 0.262 e. The summed E-state index contributed by atoms with van der Waals surface area (Å²) in [5.41, 5.74) is 3.01. The third kappa shape index (κ3) is 3.03. The van der Waals surface area contributed by atoms with Crippen LogP contribution in [0.25, 0.3) is 27.5 Å². The van der Waals surface area contributed by atoms with Gasteiger partial charge in [-0.25, -0.2) is 9.97 Å². The van der Waals surface area contributed by atoms with E-state index in [2.05, 4.69) is 4.98 Å². The van der Waals surface area contributed by atoms with E-state index in [4.69, 9.17) is 19.4 Å². The number of nitrogens with zero attached hydrogens (tertiary/aromatic N) is 5. The van der Waals surface area contributed by atoms with Crippen LogP contribution in [-0.2, 0) is 11.3 Å². The summed E-state index contributed by atoms with van der Waals surface area (Å²) < 4.78 is 15.3. The van der Waals surface area contributed by atoms with Crippen LogP contribution in [0.5, 0.6) is 5.88 Å². The molecule has 32 heavy (non-hydrogen) atoms. The molecule has 1 saturated heterocycles. The van der Waals surface area contributed by atoms with Crippen molar-refractivity contribution in [1.82, 2.24) is 23.9 Å². The zero-order chi connectivity index (χ0) is 21.7. The van der Waals surface area contributed by atoms with Crippen molar-refractivity contribution in [1.29, 1.82) is 0 Å². The van der Waals surface area contributed by atoms with Gasteiger partial charge in [-0.05, 0) is 31.2 Å². The number of hydrogen-bond donors (Lipinski definition) is 0. The second-order valence-corrected chi connectivity index (χ2v) is 8.00. The summed E-state index contributed by atoms with van der Waals surface area (Å²) in [4.78, 5) is 27.4. The molecule has 1 unspecified atom stereocenters. The molecule has 1 aliphatic rings. The number of ether oxygens (including phenoxy) is 2. The minimum atomic E-state index is -0.0971. The van der Waals surface area contributed by atoms with Crippen LogP contribution < -0.4 is 10.3 Å². The second-order valence-electron chi connectivity index (χ2n) is 8.00. The molecule has 1 fully saturated rings. The van der Waals surface area contributed by atoms with E-state index in [9.17, 15) is 4.79 Å². The average Bonchev–Trinajstić information content (AvgIpc) is 3.46. The standard InChI is InChI=1S/C24H21N5O3/c1-15-23-28(24(30)18-7-3-5-9-20(18)29(23)14-25-15)12-21-26-19-8-4-2-6-17(19)22(27-21)32-16-10-11-31-13-16/h2-9,14,16H,10-13H2,1H3. The monoisotopic (exact) mass is 427 g/mol. The minimum Gasteiger partial charge on any atom is -0.471 e. The van der Waals surface area contributed by atoms with Gasteiger partial charge >= 0.3 is 0 Å². The molecule has 8 heteroatoms. The Morgan fingerprint density at radius 2 is 1.91 bits per heavy atom. The Bertz CT molecular complexity index is 1530. The Morgan fingerprint density at radius 3 is 2.75 bits per heavy atom. The Balaban J connectivity index is 1.52. The zero-order valence-electron chi connectivity index (χ0n) is 17.6. The van der Waals surface area contributed by atoms with Crippen molar-refractivity contribution in [2.24, 2.45) is 0 Å². The highest BCUT2D eigenvalue weighted by molar-refractivity contribution is 5.83. The van der Waals surface area contributed by atoms with Crippen LogP contribution in [-0.4, -0.2) is 43.2 Å². The topological polar surface area (TPSA) is 83.5 Å². The van der Waals surface area contributed by atoms with Crippen molar-refractivity contribution in [2.45, 2.75) is 26.0 Å². The third-order valence-corrected chi connectivity index (χ3v) is 5.89. The van der Waals surface area contributed by atoms with Crippen LogP contribution in [0.15, 0.2) is 59.7 Å². The highest BCUT2D eigenvalue weighted by atomic mass is 16.5. The smallest absolute Gasteiger partial charge is 0.262 e. The van der Waals surface area contributed by atoms with Crippen molar-refractivity contribution in [3.05, 3.63) is 76.7 Å². The summed E-state index contributed by atoms with van der Waals surface area (Å²) >= 11 is 0. The Morgan fingerprint density at radius 1 is 1.09 bits per heavy atom. The maximum atomic E-state index is 13.4. The van der Waals surface area contributed by atoms with E-state index in [0.717, 1.165) is 34.2 Å². The Labute approximate surface area is 183 Å². The Kier molecular flexibility index (Phi) is 4.39. The predicted molar refractivity (Wildman–Crippen MR) is 120 cm³/mol. The number of hydrogen-bond acceptors (Lipinski definition) is 6. The fourth-order valence-corrected chi connectivity index (χ4v) is 4.34. The van der Waals surface area contributed by atoms with Crippen molar-refractivity contribution < 1.29 is 9.47 Å². The Hall–Kier alpha value is -3.78. The van der Waals surface area contributed by atoms with Gasteiger partial charge in [-0.15, -0.1) is 0 Å². The second kappa shape index (κ2) is 7.42. The van der Waals surface area contributed by atoms with Gasteiger partial charge in [0.2, 0.25) is 5.88 Å². The first-order valence-corrected chi connectivity index (χ1v) is 10.6. The molecular formula is C24H21N5O3. The molecule has 0 bridgehead atoms. The first-order valence-electron chi connectivity index (χ1n) is 10.6. The fourth-order valence-electron chi connectivity index (χ4n) is 4.34. The molecule has 0 saturated carbocycles. The van der Waals surface area contributed by atoms with Crippen LogP contribution in [0, 0.1) is 6.92 Å². The third-order valence-electron chi connectivity index (χ3n) is 5.89. The van der Waals surface area contributed by atoms with Crippen molar-refractivity contribution in [2.75, 3.05) is 13.2 Å². The molecule has 4 heterocycles. The fraction of sp³-hybridized carbons (Fsp3) is 0.250. The van der Waals surface area contributed by atoms with Gasteiger partial charge in [0.1, 0.15) is 18.1 Å². The quantitative estimate of drug-likeness (QED) is 0.438. The number of aromatic nitrogens is 5. The van der Waals surface area contributed by atoms with Gasteiger partial charge in [0.25, 0.3) is 5.56 Å². The molecule has 1 aliphatic heterocycles. The van der Waals surface area contributed by atoms with E-state index in [-0.39, 0.29) is 18.2 Å². The molecule has 1 atom stereocenters. The van der Waals surface area contributed by atoms with Gasteiger partial charge in [-0.3, -0.25) is 13.8 Å². The van der Waals surface area contributed by atoms with E-state index in [1.807, 2.05) is 59.9 Å². The lowest BCUT2D eigenvalue weighted by Gasteiger charge is -2.15. The summed E-state index contributed by atoms with van der Waals surface area (Å²) in [7, 11) is 0. The van der Waals surface area contributed by atoms with E-state index in [1.54, 1.807) is 10.9 Å². The molecule has 160 valence electrons. The number of rotatable bonds is 4. The number of fused-ring (bicyclic) bond motifs is 4. The normalized spacial score (nSPS) is 16.3. The molecule has 3 aromatic heterocycles. The van der Waals surface area contributed by atoms with Gasteiger partial charge < -0.3 is 9.47 Å². The van der Waals surface area contributed by atoms with Crippen molar-refractivity contribution in [3.8, 4) is 5.88 Å². The van der Waals surface area contributed by atoms with E-state index >= 15 is 0 Å². The van der Waals surface area contributed by atoms with E-state index in [0.29, 0.717) is 30.3 Å². The number of para-hydroxylation sites is 2. The number of benzene rings is 2. The predicted octanol–water partition coefficient (Wildman–Crippen LogP) is 3.12. The van der Waals surface area contributed by atoms with Crippen LogP contribution >= 0.6 is 0 Å². The lowest BCUT2D eigenvalue weighted by molar-refractivity contribution is 0.139. The molecule has 0 aliphatic carbocycles. The van der Waals surface area contributed by atoms with Gasteiger partial charge in [0.05, 0.1) is 47.3 Å². The first kappa shape index (κ1) is 18.9. The maximum absolute atomic E-state index is 13.4. The highest BCUT2D eigenvalue weighted by Gasteiger charge is 2.21. The van der Waals surface area contributed by atoms with E-state index < -0.39 is 0 Å². The SMILES string of the molecule is Cc1ncn2c3ccccc3c(=O)n(Cc3nc(OC4CCOC4)c4ccccc4n3)c12. The number of aryl methyl sites for hydroxylation is 1. The van der Waals surface area contributed by atoms with Gasteiger partial charge in [-0.1, -0.05) is 24.3 Å². The van der Waals surface area contributed by atoms with E-state index in [1.165, 1.54) is 0 Å². The van der Waals surface area contributed by atoms with Crippen molar-refractivity contribution >= 4 is 27.5 Å². The molecule has 6 rings (SSSR count). The summed E-state index contributed by atoms with van der Waals surface area (Å²) in [6, 6.07) is 15.3. The van der Waals surface area contributed by atoms with Crippen LogP contribution in [0.4, 0.5) is 0 Å². The minimum absolute atomic E-state index is 0.0340. The zero-order valence-corrected chi connectivity index (χ0v) is 17.6. The lowest BCUT2D eigenvalue weighted by Crippen LogP contribution is -2.25. The van der Waals surface area contributed by atoms with Gasteiger partial charge in [-0.2, -0.15) is 4.98 Å². The lowest BCUT2D eigenvalue weighted by atomic mass is 10.2. The molecule has 0 spiro atoms. The largest absolute Gasteiger partial charge is 0.471 e. The summed E-state index contributed by atoms with van der Waals surface area (Å²) in [6.07, 6.45) is 2.54. The summed E-state index contributed by atoms with van der Waals surface area (Å²) in [6.45, 7) is 3.34. The molecule has 0 radical (unpaired) electrons. The molecule has 5 aromatic rings. The molecule has 2 aromatic carbocycles. The van der Waals surface area contributed by atoms with Gasteiger partial charge in [0, 0.05) is 6.42 Å². The molecule has 0 amide bonds. The van der Waals surface area contributed by atoms with Crippen LogP contribution in [0.2, 0.25) is 0 Å². The number of imidazole rings is 1. The van der Waals surface area contributed by atoms with Crippen LogP contribution in [0.1, 0.15) is 17.9 Å². The average molecular weight is 427 g/mol. The first-order chi connectivity index (χ1) is 15.7. The van der Waals surface area contributed by atoms with Crippen LogP contribution in [0.3, 0.4) is 0 Å². The summed E-state index contributed by atoms with van der Waals surface area (Å²) in [5, 5.41) is 1.47. The highest BCUT2D eigenvalue weighted by Crippen LogP contribution is 2.25. The molecule has 0 N–H and O–H groups in total. The van der Waals surface area contributed by atoms with Crippen molar-refractivity contribution in [3.63, 3.8) is 0 Å². The molecular weight excluding hydrogens is 406 g/mol. The molecule has 8 nitrogen and oxygen atoms in total.